The number of alkyl halides is 3. The molecule has 124 valence electrons. The largest absolute Gasteiger partial charge is 0.573 e. The van der Waals surface area contributed by atoms with Gasteiger partial charge in [0.1, 0.15) is 5.75 Å². The summed E-state index contributed by atoms with van der Waals surface area (Å²) in [6.45, 7) is 0. The summed E-state index contributed by atoms with van der Waals surface area (Å²) in [6.07, 6.45) is 1.57. The van der Waals surface area contributed by atoms with Crippen LogP contribution in [0.25, 0.3) is 16.8 Å². The molecule has 0 spiro atoms. The van der Waals surface area contributed by atoms with Gasteiger partial charge in [0.15, 0.2) is 0 Å². The van der Waals surface area contributed by atoms with E-state index in [9.17, 15) is 18.0 Å². The number of aryl methyl sites for hydroxylation is 1. The van der Waals surface area contributed by atoms with Crippen molar-refractivity contribution in [2.45, 2.75) is 6.36 Å². The lowest BCUT2D eigenvalue weighted by atomic mass is 10.2. The van der Waals surface area contributed by atoms with Gasteiger partial charge in [-0.15, -0.1) is 13.2 Å². The molecule has 1 aromatic carbocycles. The summed E-state index contributed by atoms with van der Waals surface area (Å²) in [5.41, 5.74) is 1.23. The zero-order valence-corrected chi connectivity index (χ0v) is 12.4. The molecule has 0 saturated heterocycles. The van der Waals surface area contributed by atoms with Crippen LogP contribution in [0.15, 0.2) is 53.8 Å². The Balaban J connectivity index is 1.95. The van der Waals surface area contributed by atoms with Crippen LogP contribution in [-0.2, 0) is 7.05 Å². The molecule has 9 heteroatoms. The van der Waals surface area contributed by atoms with Gasteiger partial charge in [0.25, 0.3) is 0 Å². The molecule has 0 saturated carbocycles. The quantitative estimate of drug-likeness (QED) is 0.737. The summed E-state index contributed by atoms with van der Waals surface area (Å²) in [5, 5.41) is 4.04. The van der Waals surface area contributed by atoms with Crippen LogP contribution in [0.3, 0.4) is 0 Å². The van der Waals surface area contributed by atoms with Gasteiger partial charge in [0.05, 0.1) is 11.9 Å². The number of rotatable bonds is 3. The Kier molecular flexibility index (Phi) is 3.84. The SMILES string of the molecule is Cn1cc(-c2cnc(=O)n(-c3ccc(OC(F)(F)F)cc3)c2)cn1. The average Bonchev–Trinajstić information content (AvgIpc) is 2.94. The van der Waals surface area contributed by atoms with Gasteiger partial charge in [0, 0.05) is 36.8 Å². The van der Waals surface area contributed by atoms with E-state index in [4.69, 9.17) is 0 Å². The first kappa shape index (κ1) is 15.8. The highest BCUT2D eigenvalue weighted by Gasteiger charge is 2.30. The van der Waals surface area contributed by atoms with Gasteiger partial charge >= 0.3 is 12.1 Å². The van der Waals surface area contributed by atoms with Crippen LogP contribution in [0.4, 0.5) is 13.2 Å². The van der Waals surface area contributed by atoms with Crippen molar-refractivity contribution in [2.24, 2.45) is 7.05 Å². The Morgan fingerprint density at radius 2 is 1.71 bits per heavy atom. The molecule has 0 fully saturated rings. The fourth-order valence-electron chi connectivity index (χ4n) is 2.13. The second-order valence-electron chi connectivity index (χ2n) is 4.94. The highest BCUT2D eigenvalue weighted by Crippen LogP contribution is 2.24. The summed E-state index contributed by atoms with van der Waals surface area (Å²) < 4.78 is 43.2. The second kappa shape index (κ2) is 5.84. The summed E-state index contributed by atoms with van der Waals surface area (Å²) in [4.78, 5) is 15.7. The molecule has 0 radical (unpaired) electrons. The van der Waals surface area contributed by atoms with Gasteiger partial charge in [-0.1, -0.05) is 0 Å². The second-order valence-corrected chi connectivity index (χ2v) is 4.94. The fourth-order valence-corrected chi connectivity index (χ4v) is 2.13. The zero-order valence-electron chi connectivity index (χ0n) is 12.4. The maximum Gasteiger partial charge on any atom is 0.573 e. The topological polar surface area (TPSA) is 61.9 Å². The normalized spacial score (nSPS) is 11.5. The van der Waals surface area contributed by atoms with Gasteiger partial charge < -0.3 is 4.74 Å². The predicted octanol–water partition coefficient (Wildman–Crippen LogP) is 2.53. The van der Waals surface area contributed by atoms with E-state index < -0.39 is 12.1 Å². The average molecular weight is 336 g/mol. The minimum absolute atomic E-state index is 0.365. The monoisotopic (exact) mass is 336 g/mol. The lowest BCUT2D eigenvalue weighted by molar-refractivity contribution is -0.274. The van der Waals surface area contributed by atoms with E-state index in [0.29, 0.717) is 11.3 Å². The van der Waals surface area contributed by atoms with E-state index in [1.54, 1.807) is 30.3 Å². The number of hydrogen-bond acceptors (Lipinski definition) is 4. The molecule has 0 aliphatic heterocycles. The maximum absolute atomic E-state index is 12.2. The van der Waals surface area contributed by atoms with E-state index >= 15 is 0 Å². The molecule has 0 N–H and O–H groups in total. The number of ether oxygens (including phenoxy) is 1. The Bertz CT molecular complexity index is 913. The predicted molar refractivity (Wildman–Crippen MR) is 78.7 cm³/mol. The first-order chi connectivity index (χ1) is 11.3. The Morgan fingerprint density at radius 3 is 2.29 bits per heavy atom. The van der Waals surface area contributed by atoms with Crippen molar-refractivity contribution in [3.63, 3.8) is 0 Å². The molecule has 2 heterocycles. The summed E-state index contributed by atoms with van der Waals surface area (Å²) in [6, 6.07) is 4.95. The van der Waals surface area contributed by atoms with Crippen LogP contribution in [0, 0.1) is 0 Å². The third-order valence-electron chi connectivity index (χ3n) is 3.18. The first-order valence-electron chi connectivity index (χ1n) is 6.76. The van der Waals surface area contributed by atoms with E-state index in [1.807, 2.05) is 0 Å². The van der Waals surface area contributed by atoms with Crippen LogP contribution in [0.5, 0.6) is 5.75 Å². The number of benzene rings is 1. The third-order valence-corrected chi connectivity index (χ3v) is 3.18. The van der Waals surface area contributed by atoms with Crippen LogP contribution in [0.1, 0.15) is 0 Å². The molecule has 0 atom stereocenters. The minimum atomic E-state index is -4.76. The molecule has 0 aliphatic rings. The number of hydrogen-bond donors (Lipinski definition) is 0. The molecular weight excluding hydrogens is 325 g/mol. The highest BCUT2D eigenvalue weighted by atomic mass is 19.4. The maximum atomic E-state index is 12.2. The smallest absolute Gasteiger partial charge is 0.406 e. The van der Waals surface area contributed by atoms with Gasteiger partial charge in [-0.2, -0.15) is 5.10 Å². The van der Waals surface area contributed by atoms with Crippen molar-refractivity contribution < 1.29 is 17.9 Å². The van der Waals surface area contributed by atoms with E-state index in [-0.39, 0.29) is 5.75 Å². The number of halogens is 3. The lowest BCUT2D eigenvalue weighted by Gasteiger charge is -2.10. The van der Waals surface area contributed by atoms with Crippen LogP contribution in [-0.4, -0.2) is 25.7 Å². The molecule has 0 amide bonds. The third kappa shape index (κ3) is 3.45. The zero-order chi connectivity index (χ0) is 17.3. The standard InChI is InChI=1S/C15H11F3N4O2/c1-21-8-11(7-20-21)10-6-19-14(23)22(9-10)12-2-4-13(5-3-12)24-15(16,17)18/h2-9H,1H3. The summed E-state index contributed by atoms with van der Waals surface area (Å²) >= 11 is 0. The molecule has 0 unspecified atom stereocenters. The Morgan fingerprint density at radius 1 is 1.04 bits per heavy atom. The van der Waals surface area contributed by atoms with Gasteiger partial charge in [-0.25, -0.2) is 9.78 Å². The Hall–Kier alpha value is -3.10. The van der Waals surface area contributed by atoms with Gasteiger partial charge in [0.2, 0.25) is 0 Å². The molecule has 6 nitrogen and oxygen atoms in total. The minimum Gasteiger partial charge on any atom is -0.406 e. The molecule has 0 aliphatic carbocycles. The molecule has 3 rings (SSSR count). The molecule has 0 bridgehead atoms. The van der Waals surface area contributed by atoms with Crippen molar-refractivity contribution in [1.82, 2.24) is 19.3 Å². The van der Waals surface area contributed by atoms with Crippen molar-refractivity contribution in [3.05, 3.63) is 59.5 Å². The van der Waals surface area contributed by atoms with E-state index in [1.165, 1.54) is 22.9 Å². The van der Waals surface area contributed by atoms with E-state index in [0.717, 1.165) is 17.7 Å². The molecule has 24 heavy (non-hydrogen) atoms. The van der Waals surface area contributed by atoms with Crippen molar-refractivity contribution in [2.75, 3.05) is 0 Å². The fraction of sp³-hybridized carbons (Fsp3) is 0.133. The molecular formula is C15H11F3N4O2. The molecule has 2 aromatic heterocycles. The van der Waals surface area contributed by atoms with Crippen molar-refractivity contribution >= 4 is 0 Å². The van der Waals surface area contributed by atoms with Crippen molar-refractivity contribution in [1.29, 1.82) is 0 Å². The van der Waals surface area contributed by atoms with Crippen molar-refractivity contribution in [3.8, 4) is 22.6 Å². The van der Waals surface area contributed by atoms with E-state index in [2.05, 4.69) is 14.8 Å². The number of nitrogens with zero attached hydrogens (tertiary/aromatic N) is 4. The summed E-state index contributed by atoms with van der Waals surface area (Å²) in [5.74, 6) is -0.365. The van der Waals surface area contributed by atoms with Crippen LogP contribution in [0.2, 0.25) is 0 Å². The lowest BCUT2D eigenvalue weighted by Crippen LogP contribution is -2.20. The highest BCUT2D eigenvalue weighted by molar-refractivity contribution is 5.60. The Labute approximate surface area is 133 Å². The summed E-state index contributed by atoms with van der Waals surface area (Å²) in [7, 11) is 1.76. The van der Waals surface area contributed by atoms with Gasteiger partial charge in [-0.05, 0) is 24.3 Å². The number of aromatic nitrogens is 4. The van der Waals surface area contributed by atoms with Crippen LogP contribution >= 0.6 is 0 Å². The van der Waals surface area contributed by atoms with Crippen LogP contribution < -0.4 is 10.4 Å². The first-order valence-corrected chi connectivity index (χ1v) is 6.76. The van der Waals surface area contributed by atoms with Gasteiger partial charge in [-0.3, -0.25) is 9.25 Å². The molecule has 3 aromatic rings.